The molecule has 52 heavy (non-hydrogen) atoms. The van der Waals surface area contributed by atoms with E-state index in [1.54, 1.807) is 0 Å². The lowest BCUT2D eigenvalue weighted by Gasteiger charge is -2.11. The van der Waals surface area contributed by atoms with Gasteiger partial charge in [-0.1, -0.05) is 109 Å². The number of rotatable bonds is 4. The van der Waals surface area contributed by atoms with Crippen molar-refractivity contribution in [2.45, 2.75) is 6.92 Å². The van der Waals surface area contributed by atoms with Crippen molar-refractivity contribution in [1.29, 1.82) is 0 Å². The molecule has 4 nitrogen and oxygen atoms in total. The van der Waals surface area contributed by atoms with Crippen LogP contribution in [0.25, 0.3) is 99.1 Å². The minimum absolute atomic E-state index is 0.726. The second-order valence-corrected chi connectivity index (χ2v) is 13.7. The average molecular weight is 665 g/mol. The Kier molecular flexibility index (Phi) is 5.99. The number of fused-ring (bicyclic) bond motifs is 8. The molecule has 0 saturated carbocycles. The molecule has 1 aliphatic rings. The lowest BCUT2D eigenvalue weighted by Crippen LogP contribution is -2.03. The predicted octanol–water partition coefficient (Wildman–Crippen LogP) is 12.0. The Morgan fingerprint density at radius 2 is 1.19 bits per heavy atom. The third kappa shape index (κ3) is 3.95. The zero-order valence-corrected chi connectivity index (χ0v) is 28.5. The van der Waals surface area contributed by atoms with Crippen LogP contribution in [0, 0.1) is 0 Å². The summed E-state index contributed by atoms with van der Waals surface area (Å²) in [7, 11) is 0. The fraction of sp³-hybridized carbons (Fsp3) is 0.0208. The van der Waals surface area contributed by atoms with Gasteiger partial charge in [0.1, 0.15) is 5.82 Å². The van der Waals surface area contributed by atoms with Crippen LogP contribution in [0.15, 0.2) is 164 Å². The molecule has 0 spiro atoms. The number of hydrogen-bond acceptors (Lipinski definition) is 2. The van der Waals surface area contributed by atoms with Crippen molar-refractivity contribution >= 4 is 76.4 Å². The molecular formula is C48H32N4. The van der Waals surface area contributed by atoms with Crippen molar-refractivity contribution < 1.29 is 0 Å². The standard InChI is InChI=1S/C48H32N4/c1-2-11-37-36-18-10-13-32-28-44(50-48(45(32)36)47(37)49)52-42-24-22-31(27-39(42)46-34-16-7-6-12-29(34)20-25-43(46)52)30-21-23-41-38(26-30)35-17-8-9-19-40(35)51(41)33-14-4-3-5-15-33/h2-28H,49H2,1H3/b11-2-. The average Bonchev–Trinajstić information content (AvgIpc) is 3.81. The Hall–Kier alpha value is -6.91. The van der Waals surface area contributed by atoms with Crippen LogP contribution in [0.4, 0.5) is 0 Å². The van der Waals surface area contributed by atoms with Gasteiger partial charge in [0.25, 0.3) is 0 Å². The highest BCUT2D eigenvalue weighted by Crippen LogP contribution is 2.43. The molecule has 0 saturated heterocycles. The monoisotopic (exact) mass is 664 g/mol. The largest absolute Gasteiger partial charge is 0.396 e. The number of nitrogens with two attached hydrogens (primary N) is 1. The van der Waals surface area contributed by atoms with Crippen LogP contribution in [0.1, 0.15) is 18.2 Å². The molecule has 3 heterocycles. The molecule has 10 aromatic rings. The number of para-hydroxylation sites is 2. The number of allylic oxidation sites excluding steroid dienone is 3. The van der Waals surface area contributed by atoms with Gasteiger partial charge in [0.05, 0.1) is 33.5 Å². The van der Waals surface area contributed by atoms with Gasteiger partial charge >= 0.3 is 0 Å². The molecule has 244 valence electrons. The van der Waals surface area contributed by atoms with Crippen molar-refractivity contribution in [2.24, 2.45) is 5.73 Å². The number of aromatic nitrogens is 3. The number of pyridine rings is 1. The van der Waals surface area contributed by atoms with E-state index in [1.165, 1.54) is 54.5 Å². The van der Waals surface area contributed by atoms with E-state index >= 15 is 0 Å². The van der Waals surface area contributed by atoms with Crippen LogP contribution in [0.3, 0.4) is 0 Å². The maximum Gasteiger partial charge on any atom is 0.139 e. The first kappa shape index (κ1) is 28.9. The van der Waals surface area contributed by atoms with Gasteiger partial charge in [0.15, 0.2) is 0 Å². The van der Waals surface area contributed by atoms with Crippen molar-refractivity contribution in [1.82, 2.24) is 14.1 Å². The summed E-state index contributed by atoms with van der Waals surface area (Å²) in [5, 5.41) is 9.60. The van der Waals surface area contributed by atoms with Gasteiger partial charge in [-0.2, -0.15) is 0 Å². The van der Waals surface area contributed by atoms with Crippen LogP contribution in [-0.2, 0) is 0 Å². The van der Waals surface area contributed by atoms with Crippen LogP contribution in [0.2, 0.25) is 0 Å². The second-order valence-electron chi connectivity index (χ2n) is 13.7. The van der Waals surface area contributed by atoms with Gasteiger partial charge < -0.3 is 10.3 Å². The Bertz CT molecular complexity index is 3190. The lowest BCUT2D eigenvalue weighted by molar-refractivity contribution is 1.08. The SMILES string of the molecule is C/C=C\C1=C(N)c2nc(-n3c4ccc(-c5ccc6c(c5)c5ccccc5n6-c5ccccc5)cc4c4c5ccccc5ccc43)cc3cccc1c23. The number of hydrogen-bond donors (Lipinski definition) is 1. The molecule has 0 atom stereocenters. The van der Waals surface area contributed by atoms with Crippen LogP contribution in [0.5, 0.6) is 0 Å². The fourth-order valence-corrected chi connectivity index (χ4v) is 8.67. The zero-order chi connectivity index (χ0) is 34.5. The molecule has 0 fully saturated rings. The van der Waals surface area contributed by atoms with Gasteiger partial charge in [0, 0.05) is 38.2 Å². The van der Waals surface area contributed by atoms with E-state index in [9.17, 15) is 0 Å². The Balaban J connectivity index is 1.17. The van der Waals surface area contributed by atoms with Gasteiger partial charge in [0.2, 0.25) is 0 Å². The Labute approximate surface area is 300 Å². The zero-order valence-electron chi connectivity index (χ0n) is 28.5. The summed E-state index contributed by atoms with van der Waals surface area (Å²) >= 11 is 0. The highest BCUT2D eigenvalue weighted by atomic mass is 15.1. The van der Waals surface area contributed by atoms with E-state index in [0.29, 0.717) is 0 Å². The molecule has 2 N–H and O–H groups in total. The lowest BCUT2D eigenvalue weighted by atomic mass is 9.99. The first-order chi connectivity index (χ1) is 25.7. The molecule has 7 aromatic carbocycles. The van der Waals surface area contributed by atoms with Crippen LogP contribution >= 0.6 is 0 Å². The van der Waals surface area contributed by atoms with E-state index in [4.69, 9.17) is 10.7 Å². The molecule has 3 aromatic heterocycles. The third-order valence-corrected chi connectivity index (χ3v) is 10.9. The quantitative estimate of drug-likeness (QED) is 0.204. The fourth-order valence-electron chi connectivity index (χ4n) is 8.67. The number of nitrogens with zero attached hydrogens (tertiary/aromatic N) is 3. The highest BCUT2D eigenvalue weighted by Gasteiger charge is 2.25. The molecule has 0 amide bonds. The summed E-state index contributed by atoms with van der Waals surface area (Å²) in [5.74, 6) is 0.863. The maximum atomic E-state index is 6.84. The van der Waals surface area contributed by atoms with Crippen molar-refractivity contribution in [3.8, 4) is 22.6 Å². The van der Waals surface area contributed by atoms with Gasteiger partial charge in [-0.15, -0.1) is 0 Å². The smallest absolute Gasteiger partial charge is 0.139 e. The summed E-state index contributed by atoms with van der Waals surface area (Å²) in [6, 6.07) is 54.9. The molecule has 1 aliphatic carbocycles. The minimum Gasteiger partial charge on any atom is -0.396 e. The molecule has 0 unspecified atom stereocenters. The topological polar surface area (TPSA) is 48.8 Å². The van der Waals surface area contributed by atoms with Gasteiger partial charge in [-0.05, 0) is 94.4 Å². The summed E-state index contributed by atoms with van der Waals surface area (Å²) in [6.45, 7) is 2.03. The Morgan fingerprint density at radius 3 is 2.02 bits per heavy atom. The first-order valence-electron chi connectivity index (χ1n) is 17.8. The van der Waals surface area contributed by atoms with Crippen LogP contribution in [-0.4, -0.2) is 14.1 Å². The highest BCUT2D eigenvalue weighted by molar-refractivity contribution is 6.22. The van der Waals surface area contributed by atoms with E-state index in [2.05, 4.69) is 167 Å². The molecule has 0 bridgehead atoms. The Morgan fingerprint density at radius 1 is 0.519 bits per heavy atom. The number of benzene rings is 7. The van der Waals surface area contributed by atoms with Crippen molar-refractivity contribution in [3.05, 3.63) is 175 Å². The molecular weight excluding hydrogens is 633 g/mol. The molecule has 0 aliphatic heterocycles. The van der Waals surface area contributed by atoms with Gasteiger partial charge in [-0.3, -0.25) is 4.57 Å². The summed E-state index contributed by atoms with van der Waals surface area (Å²) in [5.41, 5.74) is 18.8. The van der Waals surface area contributed by atoms with Crippen molar-refractivity contribution in [3.63, 3.8) is 0 Å². The maximum absolute atomic E-state index is 6.84. The van der Waals surface area contributed by atoms with E-state index < -0.39 is 0 Å². The molecule has 0 radical (unpaired) electrons. The van der Waals surface area contributed by atoms with Crippen molar-refractivity contribution in [2.75, 3.05) is 0 Å². The van der Waals surface area contributed by atoms with E-state index in [-0.39, 0.29) is 0 Å². The summed E-state index contributed by atoms with van der Waals surface area (Å²) in [4.78, 5) is 5.32. The minimum atomic E-state index is 0.726. The second kappa shape index (κ2) is 10.8. The third-order valence-electron chi connectivity index (χ3n) is 10.9. The first-order valence-corrected chi connectivity index (χ1v) is 17.8. The summed E-state index contributed by atoms with van der Waals surface area (Å²) in [6.07, 6.45) is 4.14. The molecule has 11 rings (SSSR count). The van der Waals surface area contributed by atoms with Crippen LogP contribution < -0.4 is 5.73 Å². The van der Waals surface area contributed by atoms with E-state index in [0.717, 1.165) is 55.8 Å². The molecule has 4 heteroatoms. The van der Waals surface area contributed by atoms with E-state index in [1.807, 2.05) is 13.0 Å². The predicted molar refractivity (Wildman–Crippen MR) is 219 cm³/mol. The summed E-state index contributed by atoms with van der Waals surface area (Å²) < 4.78 is 4.69. The normalized spacial score (nSPS) is 13.0. The van der Waals surface area contributed by atoms with Gasteiger partial charge in [-0.25, -0.2) is 4.98 Å².